The Hall–Kier alpha value is -3.91. The van der Waals surface area contributed by atoms with Crippen LogP contribution in [0.1, 0.15) is 10.4 Å². The third-order valence-corrected chi connectivity index (χ3v) is 5.42. The van der Waals surface area contributed by atoms with Crippen molar-refractivity contribution in [1.29, 1.82) is 0 Å². The van der Waals surface area contributed by atoms with Crippen LogP contribution in [0.5, 0.6) is 0 Å². The summed E-state index contributed by atoms with van der Waals surface area (Å²) in [6.45, 7) is 2.31. The molecule has 4 aromatic rings. The third kappa shape index (κ3) is 3.57. The number of carbonyl (C=O) groups is 1. The Balaban J connectivity index is 1.49. The fraction of sp³-hybridized carbons (Fsp3) is 0.174. The number of amides is 1. The van der Waals surface area contributed by atoms with Crippen molar-refractivity contribution in [3.63, 3.8) is 0 Å². The van der Waals surface area contributed by atoms with E-state index in [1.807, 2.05) is 35.2 Å². The topological polar surface area (TPSA) is 97.8 Å². The Bertz CT molecular complexity index is 1310. The number of benzene rings is 3. The summed E-state index contributed by atoms with van der Waals surface area (Å²) in [6, 6.07) is 17.6. The van der Waals surface area contributed by atoms with E-state index in [2.05, 4.69) is 5.32 Å². The lowest BCUT2D eigenvalue weighted by molar-refractivity contribution is -0.384. The zero-order valence-corrected chi connectivity index (χ0v) is 16.5. The number of furan rings is 1. The van der Waals surface area contributed by atoms with E-state index in [4.69, 9.17) is 9.15 Å². The zero-order chi connectivity index (χ0) is 21.4. The van der Waals surface area contributed by atoms with E-state index in [-0.39, 0.29) is 11.3 Å². The molecule has 8 heteroatoms. The number of nitro groups is 1. The molecule has 8 nitrogen and oxygen atoms in total. The zero-order valence-electron chi connectivity index (χ0n) is 16.5. The highest BCUT2D eigenvalue weighted by molar-refractivity contribution is 6.10. The van der Waals surface area contributed by atoms with Gasteiger partial charge in [-0.1, -0.05) is 18.2 Å². The molecule has 0 aliphatic carbocycles. The molecule has 0 bridgehead atoms. The molecule has 5 rings (SSSR count). The van der Waals surface area contributed by atoms with Gasteiger partial charge in [-0.3, -0.25) is 14.9 Å². The maximum Gasteiger partial charge on any atom is 0.270 e. The molecule has 31 heavy (non-hydrogen) atoms. The number of nitrogens with one attached hydrogen (secondary N) is 1. The number of nitro benzene ring substituents is 1. The van der Waals surface area contributed by atoms with Crippen molar-refractivity contribution in [2.75, 3.05) is 36.5 Å². The molecule has 1 N–H and O–H groups in total. The van der Waals surface area contributed by atoms with Crippen LogP contribution < -0.4 is 10.2 Å². The highest BCUT2D eigenvalue weighted by atomic mass is 16.6. The van der Waals surface area contributed by atoms with Crippen molar-refractivity contribution in [3.05, 3.63) is 76.3 Å². The molecule has 0 radical (unpaired) electrons. The molecule has 0 saturated carbocycles. The molecule has 1 aliphatic rings. The minimum absolute atomic E-state index is 0.130. The van der Waals surface area contributed by atoms with Crippen molar-refractivity contribution < 1.29 is 18.9 Å². The van der Waals surface area contributed by atoms with Gasteiger partial charge in [-0.05, 0) is 24.3 Å². The number of hydrogen-bond donors (Lipinski definition) is 1. The second-order valence-corrected chi connectivity index (χ2v) is 7.32. The number of nitrogens with zero attached hydrogens (tertiary/aromatic N) is 2. The summed E-state index contributed by atoms with van der Waals surface area (Å²) < 4.78 is 11.3. The molecular weight excluding hydrogens is 398 g/mol. The molecule has 2 heterocycles. The summed E-state index contributed by atoms with van der Waals surface area (Å²) in [6.07, 6.45) is 0. The Morgan fingerprint density at radius 2 is 1.74 bits per heavy atom. The van der Waals surface area contributed by atoms with Crippen LogP contribution in [0, 0.1) is 10.1 Å². The van der Waals surface area contributed by atoms with Crippen molar-refractivity contribution in [1.82, 2.24) is 0 Å². The number of carbonyl (C=O) groups excluding carboxylic acids is 1. The molecule has 1 saturated heterocycles. The fourth-order valence-corrected chi connectivity index (χ4v) is 3.90. The van der Waals surface area contributed by atoms with E-state index in [9.17, 15) is 14.9 Å². The number of anilines is 2. The first-order valence-electron chi connectivity index (χ1n) is 9.94. The molecule has 0 atom stereocenters. The number of non-ortho nitro benzene ring substituents is 1. The predicted octanol–water partition coefficient (Wildman–Crippen LogP) is 4.58. The van der Waals surface area contributed by atoms with Gasteiger partial charge >= 0.3 is 0 Å². The lowest BCUT2D eigenvalue weighted by atomic mass is 10.1. The average molecular weight is 417 g/mol. The molecule has 1 fully saturated rings. The summed E-state index contributed by atoms with van der Waals surface area (Å²) >= 11 is 0. The normalized spacial score (nSPS) is 14.1. The molecule has 0 unspecified atom stereocenters. The van der Waals surface area contributed by atoms with Crippen LogP contribution in [0.4, 0.5) is 17.1 Å². The third-order valence-electron chi connectivity index (χ3n) is 5.42. The Labute approximate surface area is 177 Å². The van der Waals surface area contributed by atoms with Gasteiger partial charge in [0, 0.05) is 47.7 Å². The number of rotatable bonds is 4. The van der Waals surface area contributed by atoms with Crippen LogP contribution >= 0.6 is 0 Å². The molecule has 1 aliphatic heterocycles. The van der Waals surface area contributed by atoms with Crippen molar-refractivity contribution in [3.8, 4) is 0 Å². The van der Waals surface area contributed by atoms with Gasteiger partial charge in [0.1, 0.15) is 11.2 Å². The summed E-state index contributed by atoms with van der Waals surface area (Å²) in [5.74, 6) is -0.416. The predicted molar refractivity (Wildman–Crippen MR) is 118 cm³/mol. The number of fused-ring (bicyclic) bond motifs is 3. The number of ether oxygens (including phenoxy) is 1. The first-order chi connectivity index (χ1) is 15.1. The van der Waals surface area contributed by atoms with Crippen molar-refractivity contribution >= 4 is 44.9 Å². The maximum absolute atomic E-state index is 13.1. The average Bonchev–Trinajstić information content (AvgIpc) is 3.17. The molecule has 3 aromatic carbocycles. The van der Waals surface area contributed by atoms with Gasteiger partial charge in [-0.25, -0.2) is 0 Å². The Morgan fingerprint density at radius 3 is 2.55 bits per heavy atom. The molecule has 1 amide bonds. The SMILES string of the molecule is O=C(Nc1ccc2c(c1)oc1ccccc12)c1cc([N+](=O)[O-])ccc1N1CCOCC1. The van der Waals surface area contributed by atoms with E-state index in [1.54, 1.807) is 18.2 Å². The van der Waals surface area contributed by atoms with Gasteiger partial charge in [0.25, 0.3) is 11.6 Å². The van der Waals surface area contributed by atoms with E-state index >= 15 is 0 Å². The van der Waals surface area contributed by atoms with Gasteiger partial charge in [0.05, 0.1) is 29.4 Å². The summed E-state index contributed by atoms with van der Waals surface area (Å²) in [5, 5.41) is 16.1. The van der Waals surface area contributed by atoms with Crippen LogP contribution in [-0.2, 0) is 4.74 Å². The van der Waals surface area contributed by atoms with Crippen LogP contribution in [0.2, 0.25) is 0 Å². The number of hydrogen-bond acceptors (Lipinski definition) is 6. The molecule has 1 aromatic heterocycles. The number of morpholine rings is 1. The summed E-state index contributed by atoms with van der Waals surface area (Å²) in [5.41, 5.74) is 2.75. The van der Waals surface area contributed by atoms with E-state index < -0.39 is 10.8 Å². The quantitative estimate of drug-likeness (QED) is 0.385. The molecule has 156 valence electrons. The minimum Gasteiger partial charge on any atom is -0.456 e. The van der Waals surface area contributed by atoms with Gasteiger partial charge in [0.15, 0.2) is 0 Å². The van der Waals surface area contributed by atoms with Crippen molar-refractivity contribution in [2.45, 2.75) is 0 Å². The van der Waals surface area contributed by atoms with Crippen LogP contribution in [0.15, 0.2) is 65.1 Å². The summed E-state index contributed by atoms with van der Waals surface area (Å²) in [4.78, 5) is 25.9. The lowest BCUT2D eigenvalue weighted by Gasteiger charge is -2.30. The van der Waals surface area contributed by atoms with E-state index in [0.29, 0.717) is 43.3 Å². The first kappa shape index (κ1) is 19.1. The van der Waals surface area contributed by atoms with Crippen LogP contribution in [-0.4, -0.2) is 37.1 Å². The van der Waals surface area contributed by atoms with Gasteiger partial charge < -0.3 is 19.4 Å². The second kappa shape index (κ2) is 7.73. The second-order valence-electron chi connectivity index (χ2n) is 7.32. The lowest BCUT2D eigenvalue weighted by Crippen LogP contribution is -2.37. The molecular formula is C23H19N3O5. The van der Waals surface area contributed by atoms with Gasteiger partial charge in [0.2, 0.25) is 0 Å². The summed E-state index contributed by atoms with van der Waals surface area (Å²) in [7, 11) is 0. The van der Waals surface area contributed by atoms with Crippen LogP contribution in [0.25, 0.3) is 21.9 Å². The van der Waals surface area contributed by atoms with Crippen LogP contribution in [0.3, 0.4) is 0 Å². The minimum atomic E-state index is -0.500. The standard InChI is InChI=1S/C23H19N3O5/c27-23(19-14-16(26(28)29)6-8-20(19)25-9-11-30-12-10-25)24-15-5-7-18-17-3-1-2-4-21(17)31-22(18)13-15/h1-8,13-14H,9-12H2,(H,24,27). The van der Waals surface area contributed by atoms with E-state index in [0.717, 1.165) is 16.4 Å². The fourth-order valence-electron chi connectivity index (χ4n) is 3.90. The van der Waals surface area contributed by atoms with Crippen molar-refractivity contribution in [2.24, 2.45) is 0 Å². The monoisotopic (exact) mass is 417 g/mol. The number of para-hydroxylation sites is 1. The Kier molecular flexibility index (Phi) is 4.76. The van der Waals surface area contributed by atoms with Gasteiger partial charge in [-0.15, -0.1) is 0 Å². The largest absolute Gasteiger partial charge is 0.456 e. The molecule has 0 spiro atoms. The smallest absolute Gasteiger partial charge is 0.270 e. The maximum atomic E-state index is 13.1. The highest BCUT2D eigenvalue weighted by Crippen LogP contribution is 2.31. The Morgan fingerprint density at radius 1 is 0.968 bits per heavy atom. The first-order valence-corrected chi connectivity index (χ1v) is 9.94. The highest BCUT2D eigenvalue weighted by Gasteiger charge is 2.22. The van der Waals surface area contributed by atoms with Gasteiger partial charge in [-0.2, -0.15) is 0 Å². The van der Waals surface area contributed by atoms with E-state index in [1.165, 1.54) is 12.1 Å².